The normalized spacial score (nSPS) is 10.1. The zero-order valence-electron chi connectivity index (χ0n) is 10.3. The summed E-state index contributed by atoms with van der Waals surface area (Å²) in [6.07, 6.45) is 0. The van der Waals surface area contributed by atoms with Gasteiger partial charge in [-0.05, 0) is 19.4 Å². The predicted molar refractivity (Wildman–Crippen MR) is 68.2 cm³/mol. The quantitative estimate of drug-likeness (QED) is 0.802. The molecule has 1 aromatic carbocycles. The molecule has 2 aromatic rings. The number of benzene rings is 1. The van der Waals surface area contributed by atoms with Crippen LogP contribution >= 0.6 is 0 Å². The van der Waals surface area contributed by atoms with Crippen LogP contribution in [0.2, 0.25) is 0 Å². The minimum atomic E-state index is -0.252. The van der Waals surface area contributed by atoms with Crippen LogP contribution in [0.5, 0.6) is 0 Å². The summed E-state index contributed by atoms with van der Waals surface area (Å²) in [5.74, 6) is 0. The molecule has 1 aromatic heterocycles. The van der Waals surface area contributed by atoms with E-state index in [2.05, 4.69) is 5.10 Å². The lowest BCUT2D eigenvalue weighted by atomic mass is 10.1. The first-order valence-corrected chi connectivity index (χ1v) is 5.64. The largest absolute Gasteiger partial charge is 0.268 e. The van der Waals surface area contributed by atoms with E-state index in [9.17, 15) is 4.79 Å². The molecule has 0 amide bonds. The van der Waals surface area contributed by atoms with Crippen molar-refractivity contribution in [2.75, 3.05) is 0 Å². The predicted octanol–water partition coefficient (Wildman–Crippen LogP) is 1.78. The highest BCUT2D eigenvalue weighted by molar-refractivity contribution is 5.30. The van der Waals surface area contributed by atoms with Gasteiger partial charge in [0, 0.05) is 6.07 Å². The average Bonchev–Trinajstić information content (AvgIpc) is 2.36. The number of aromatic nitrogens is 2. The van der Waals surface area contributed by atoms with E-state index in [-0.39, 0.29) is 5.56 Å². The van der Waals surface area contributed by atoms with Gasteiger partial charge in [-0.2, -0.15) is 10.4 Å². The van der Waals surface area contributed by atoms with Crippen molar-refractivity contribution in [3.63, 3.8) is 0 Å². The van der Waals surface area contributed by atoms with E-state index in [0.29, 0.717) is 17.8 Å². The Morgan fingerprint density at radius 1 is 1.28 bits per heavy atom. The maximum atomic E-state index is 11.8. The second-order valence-corrected chi connectivity index (χ2v) is 4.24. The standard InChI is InChI=1S/C14H13N3O/c1-10-3-5-12(6-4-10)9-17-14(18)7-13(8-15)11(2)16-17/h3-7H,9H2,1-2H3. The Bertz CT molecular complexity index is 663. The fourth-order valence-electron chi connectivity index (χ4n) is 1.68. The molecule has 18 heavy (non-hydrogen) atoms. The Morgan fingerprint density at radius 3 is 2.56 bits per heavy atom. The molecule has 0 radical (unpaired) electrons. The van der Waals surface area contributed by atoms with Crippen molar-refractivity contribution in [2.24, 2.45) is 0 Å². The monoisotopic (exact) mass is 239 g/mol. The lowest BCUT2D eigenvalue weighted by Gasteiger charge is -2.06. The van der Waals surface area contributed by atoms with Gasteiger partial charge in [-0.3, -0.25) is 4.79 Å². The molecule has 0 aliphatic carbocycles. The van der Waals surface area contributed by atoms with Gasteiger partial charge in [0.1, 0.15) is 6.07 Å². The van der Waals surface area contributed by atoms with E-state index in [4.69, 9.17) is 5.26 Å². The van der Waals surface area contributed by atoms with Crippen molar-refractivity contribution >= 4 is 0 Å². The van der Waals surface area contributed by atoms with Gasteiger partial charge in [0.15, 0.2) is 0 Å². The SMILES string of the molecule is Cc1ccc(Cn2nc(C)c(C#N)cc2=O)cc1. The van der Waals surface area contributed by atoms with Crippen molar-refractivity contribution in [1.29, 1.82) is 5.26 Å². The summed E-state index contributed by atoms with van der Waals surface area (Å²) in [7, 11) is 0. The topological polar surface area (TPSA) is 58.7 Å². The van der Waals surface area contributed by atoms with Crippen LogP contribution in [0.1, 0.15) is 22.4 Å². The van der Waals surface area contributed by atoms with Gasteiger partial charge in [0.05, 0.1) is 17.8 Å². The van der Waals surface area contributed by atoms with E-state index in [1.165, 1.54) is 16.3 Å². The second kappa shape index (κ2) is 4.84. The molecule has 0 bridgehead atoms. The van der Waals surface area contributed by atoms with E-state index in [0.717, 1.165) is 5.56 Å². The molecule has 0 aliphatic rings. The Morgan fingerprint density at radius 2 is 1.94 bits per heavy atom. The number of hydrogen-bond acceptors (Lipinski definition) is 3. The summed E-state index contributed by atoms with van der Waals surface area (Å²) in [5, 5.41) is 13.0. The Hall–Kier alpha value is -2.41. The van der Waals surface area contributed by atoms with Gasteiger partial charge in [-0.15, -0.1) is 0 Å². The smallest absolute Gasteiger partial charge is 0.268 e. The fraction of sp³-hybridized carbons (Fsp3) is 0.214. The number of nitriles is 1. The third-order valence-corrected chi connectivity index (χ3v) is 2.76. The Kier molecular flexibility index (Phi) is 3.24. The molecule has 4 heteroatoms. The van der Waals surface area contributed by atoms with Crippen LogP contribution in [-0.4, -0.2) is 9.78 Å². The second-order valence-electron chi connectivity index (χ2n) is 4.24. The van der Waals surface area contributed by atoms with Crippen LogP contribution in [0.3, 0.4) is 0 Å². The highest BCUT2D eigenvalue weighted by Gasteiger charge is 2.05. The highest BCUT2D eigenvalue weighted by Crippen LogP contribution is 2.05. The Labute approximate surface area is 105 Å². The first kappa shape index (κ1) is 12.1. The van der Waals surface area contributed by atoms with Gasteiger partial charge in [-0.1, -0.05) is 29.8 Å². The van der Waals surface area contributed by atoms with Gasteiger partial charge in [0.25, 0.3) is 5.56 Å². The minimum Gasteiger partial charge on any atom is -0.268 e. The Balaban J connectivity index is 2.36. The molecule has 0 aliphatic heterocycles. The maximum absolute atomic E-state index is 11.8. The number of rotatable bonds is 2. The maximum Gasteiger partial charge on any atom is 0.268 e. The van der Waals surface area contributed by atoms with Crippen LogP contribution in [0, 0.1) is 25.2 Å². The lowest BCUT2D eigenvalue weighted by molar-refractivity contribution is 0.627. The molecule has 90 valence electrons. The third-order valence-electron chi connectivity index (χ3n) is 2.76. The van der Waals surface area contributed by atoms with Gasteiger partial charge in [0.2, 0.25) is 0 Å². The molecule has 0 atom stereocenters. The van der Waals surface area contributed by atoms with E-state index in [1.807, 2.05) is 37.3 Å². The third kappa shape index (κ3) is 2.46. The molecule has 0 unspecified atom stereocenters. The van der Waals surface area contributed by atoms with Gasteiger partial charge in [-0.25, -0.2) is 4.68 Å². The average molecular weight is 239 g/mol. The zero-order valence-corrected chi connectivity index (χ0v) is 10.3. The zero-order chi connectivity index (χ0) is 13.1. The van der Waals surface area contributed by atoms with Crippen LogP contribution in [0.25, 0.3) is 0 Å². The molecule has 4 nitrogen and oxygen atoms in total. The van der Waals surface area contributed by atoms with Crippen molar-refractivity contribution in [2.45, 2.75) is 20.4 Å². The van der Waals surface area contributed by atoms with E-state index >= 15 is 0 Å². The summed E-state index contributed by atoms with van der Waals surface area (Å²) in [6, 6.07) is 11.2. The van der Waals surface area contributed by atoms with Crippen LogP contribution in [-0.2, 0) is 6.54 Å². The number of aryl methyl sites for hydroxylation is 2. The van der Waals surface area contributed by atoms with Gasteiger partial charge >= 0.3 is 0 Å². The molecular formula is C14H13N3O. The highest BCUT2D eigenvalue weighted by atomic mass is 16.1. The van der Waals surface area contributed by atoms with Crippen LogP contribution in [0.4, 0.5) is 0 Å². The number of nitrogens with zero attached hydrogens (tertiary/aromatic N) is 3. The molecule has 0 saturated carbocycles. The molecular weight excluding hydrogens is 226 g/mol. The van der Waals surface area contributed by atoms with Gasteiger partial charge < -0.3 is 0 Å². The van der Waals surface area contributed by atoms with Crippen LogP contribution < -0.4 is 5.56 Å². The van der Waals surface area contributed by atoms with Crippen molar-refractivity contribution in [3.05, 3.63) is 63.1 Å². The van der Waals surface area contributed by atoms with Crippen molar-refractivity contribution in [3.8, 4) is 6.07 Å². The fourth-order valence-corrected chi connectivity index (χ4v) is 1.68. The van der Waals surface area contributed by atoms with Crippen LogP contribution in [0.15, 0.2) is 35.1 Å². The molecule has 0 fully saturated rings. The molecule has 0 N–H and O–H groups in total. The van der Waals surface area contributed by atoms with E-state index < -0.39 is 0 Å². The summed E-state index contributed by atoms with van der Waals surface area (Å²) >= 11 is 0. The number of hydrogen-bond donors (Lipinski definition) is 0. The molecule has 0 spiro atoms. The van der Waals surface area contributed by atoms with E-state index in [1.54, 1.807) is 6.92 Å². The van der Waals surface area contributed by atoms with Crippen molar-refractivity contribution in [1.82, 2.24) is 9.78 Å². The summed E-state index contributed by atoms with van der Waals surface area (Å²) < 4.78 is 1.38. The molecule has 1 heterocycles. The minimum absolute atomic E-state index is 0.252. The summed E-state index contributed by atoms with van der Waals surface area (Å²) in [6.45, 7) is 4.16. The first-order valence-electron chi connectivity index (χ1n) is 5.64. The lowest BCUT2D eigenvalue weighted by Crippen LogP contribution is -2.24. The molecule has 0 saturated heterocycles. The molecule has 2 rings (SSSR count). The van der Waals surface area contributed by atoms with Crippen molar-refractivity contribution < 1.29 is 0 Å². The summed E-state index contributed by atoms with van der Waals surface area (Å²) in [5.41, 5.74) is 2.84. The first-order chi connectivity index (χ1) is 8.60. The summed E-state index contributed by atoms with van der Waals surface area (Å²) in [4.78, 5) is 11.8.